The molecule has 0 spiro atoms. The SMILES string of the molecule is COCCc1noc(C2CCCN(c3ncnc4sc(C)cc34)C2)n1. The molecule has 3 aromatic heterocycles. The summed E-state index contributed by atoms with van der Waals surface area (Å²) in [6, 6.07) is 2.18. The minimum Gasteiger partial charge on any atom is -0.384 e. The molecule has 7 nitrogen and oxygen atoms in total. The summed E-state index contributed by atoms with van der Waals surface area (Å²) < 4.78 is 10.6. The topological polar surface area (TPSA) is 77.2 Å². The van der Waals surface area contributed by atoms with E-state index in [1.807, 2.05) is 0 Å². The van der Waals surface area contributed by atoms with Gasteiger partial charge in [-0.05, 0) is 25.8 Å². The summed E-state index contributed by atoms with van der Waals surface area (Å²) in [5.74, 6) is 2.69. The Labute approximate surface area is 150 Å². The lowest BCUT2D eigenvalue weighted by Gasteiger charge is -2.32. The second kappa shape index (κ2) is 7.05. The van der Waals surface area contributed by atoms with Crippen LogP contribution in [0.25, 0.3) is 10.2 Å². The van der Waals surface area contributed by atoms with Crippen LogP contribution in [0.3, 0.4) is 0 Å². The molecule has 25 heavy (non-hydrogen) atoms. The summed E-state index contributed by atoms with van der Waals surface area (Å²) >= 11 is 1.71. The Morgan fingerprint density at radius 1 is 1.40 bits per heavy atom. The number of aromatic nitrogens is 4. The Kier molecular flexibility index (Phi) is 4.63. The van der Waals surface area contributed by atoms with E-state index in [4.69, 9.17) is 9.26 Å². The van der Waals surface area contributed by atoms with Crippen LogP contribution in [0.4, 0.5) is 5.82 Å². The lowest BCUT2D eigenvalue weighted by atomic mass is 9.98. The van der Waals surface area contributed by atoms with Crippen LogP contribution < -0.4 is 4.90 Å². The molecule has 0 amide bonds. The van der Waals surface area contributed by atoms with Crippen molar-refractivity contribution in [1.29, 1.82) is 0 Å². The zero-order chi connectivity index (χ0) is 17.2. The first-order valence-corrected chi connectivity index (χ1v) is 9.33. The van der Waals surface area contributed by atoms with E-state index in [-0.39, 0.29) is 5.92 Å². The summed E-state index contributed by atoms with van der Waals surface area (Å²) in [4.78, 5) is 18.1. The minimum atomic E-state index is 0.238. The molecule has 1 fully saturated rings. The maximum absolute atomic E-state index is 5.50. The third kappa shape index (κ3) is 3.36. The second-order valence-electron chi connectivity index (χ2n) is 6.35. The lowest BCUT2D eigenvalue weighted by molar-refractivity contribution is 0.199. The zero-order valence-electron chi connectivity index (χ0n) is 14.4. The first-order chi connectivity index (χ1) is 12.2. The molecule has 8 heteroatoms. The first kappa shape index (κ1) is 16.4. The fourth-order valence-corrected chi connectivity index (χ4v) is 4.16. The van der Waals surface area contributed by atoms with E-state index in [9.17, 15) is 0 Å². The Bertz CT molecular complexity index is 862. The second-order valence-corrected chi connectivity index (χ2v) is 7.58. The highest BCUT2D eigenvalue weighted by Crippen LogP contribution is 2.34. The molecule has 4 heterocycles. The van der Waals surface area contributed by atoms with Crippen LogP contribution in [-0.2, 0) is 11.2 Å². The number of fused-ring (bicyclic) bond motifs is 1. The molecule has 0 saturated carbocycles. The molecule has 0 aliphatic carbocycles. The number of anilines is 1. The monoisotopic (exact) mass is 359 g/mol. The van der Waals surface area contributed by atoms with E-state index in [2.05, 4.69) is 38.0 Å². The molecule has 1 atom stereocenters. The van der Waals surface area contributed by atoms with Crippen molar-refractivity contribution in [3.63, 3.8) is 0 Å². The van der Waals surface area contributed by atoms with Gasteiger partial charge < -0.3 is 14.2 Å². The lowest BCUT2D eigenvalue weighted by Crippen LogP contribution is -2.35. The van der Waals surface area contributed by atoms with Crippen LogP contribution in [0, 0.1) is 6.92 Å². The minimum absolute atomic E-state index is 0.238. The highest BCUT2D eigenvalue weighted by Gasteiger charge is 2.27. The summed E-state index contributed by atoms with van der Waals surface area (Å²) in [5, 5.41) is 5.21. The number of hydrogen-bond donors (Lipinski definition) is 0. The quantitative estimate of drug-likeness (QED) is 0.693. The first-order valence-electron chi connectivity index (χ1n) is 8.52. The molecule has 0 N–H and O–H groups in total. The van der Waals surface area contributed by atoms with Crippen molar-refractivity contribution in [2.45, 2.75) is 32.1 Å². The van der Waals surface area contributed by atoms with Gasteiger partial charge in [-0.3, -0.25) is 0 Å². The molecule has 1 saturated heterocycles. The number of piperidine rings is 1. The number of ether oxygens (including phenoxy) is 1. The largest absolute Gasteiger partial charge is 0.384 e. The van der Waals surface area contributed by atoms with E-state index in [1.54, 1.807) is 24.8 Å². The van der Waals surface area contributed by atoms with E-state index in [0.29, 0.717) is 18.9 Å². The predicted octanol–water partition coefficient (Wildman–Crippen LogP) is 2.96. The van der Waals surface area contributed by atoms with Gasteiger partial charge >= 0.3 is 0 Å². The van der Waals surface area contributed by atoms with Crippen LogP contribution in [0.1, 0.15) is 35.4 Å². The summed E-state index contributed by atoms with van der Waals surface area (Å²) in [5.41, 5.74) is 0. The number of rotatable bonds is 5. The molecule has 4 rings (SSSR count). The standard InChI is InChI=1S/C17H21N5O2S/c1-11-8-13-15(18-10-19-17(13)25-11)22-6-3-4-12(9-22)16-20-14(21-24-16)5-7-23-2/h8,10,12H,3-7,9H2,1-2H3. The summed E-state index contributed by atoms with van der Waals surface area (Å²) in [6.45, 7) is 4.54. The van der Waals surface area contributed by atoms with Crippen LogP contribution in [0.2, 0.25) is 0 Å². The molecular formula is C17H21N5O2S. The summed E-state index contributed by atoms with van der Waals surface area (Å²) in [6.07, 6.45) is 4.47. The van der Waals surface area contributed by atoms with Crippen LogP contribution >= 0.6 is 11.3 Å². The van der Waals surface area contributed by atoms with Gasteiger partial charge in [-0.1, -0.05) is 5.16 Å². The fourth-order valence-electron chi connectivity index (χ4n) is 3.31. The number of thiophene rings is 1. The molecule has 1 aliphatic heterocycles. The van der Waals surface area contributed by atoms with Crippen LogP contribution in [0.5, 0.6) is 0 Å². The Morgan fingerprint density at radius 3 is 3.20 bits per heavy atom. The Morgan fingerprint density at radius 2 is 2.32 bits per heavy atom. The Hall–Kier alpha value is -2.06. The van der Waals surface area contributed by atoms with Gasteiger partial charge in [0.05, 0.1) is 17.9 Å². The molecule has 132 valence electrons. The highest BCUT2D eigenvalue weighted by molar-refractivity contribution is 7.18. The van der Waals surface area contributed by atoms with Gasteiger partial charge in [-0.25, -0.2) is 9.97 Å². The van der Waals surface area contributed by atoms with Crippen LogP contribution in [0.15, 0.2) is 16.9 Å². The molecule has 0 radical (unpaired) electrons. The molecular weight excluding hydrogens is 338 g/mol. The van der Waals surface area contributed by atoms with Crippen molar-refractivity contribution in [2.75, 3.05) is 31.7 Å². The number of nitrogens with zero attached hydrogens (tertiary/aromatic N) is 5. The third-order valence-electron chi connectivity index (χ3n) is 4.52. The number of aryl methyl sites for hydroxylation is 1. The molecule has 1 aliphatic rings. The van der Waals surface area contributed by atoms with Crippen molar-refractivity contribution in [3.05, 3.63) is 29.0 Å². The number of methoxy groups -OCH3 is 1. The number of hydrogen-bond acceptors (Lipinski definition) is 8. The van der Waals surface area contributed by atoms with Gasteiger partial charge in [0.1, 0.15) is 17.0 Å². The van der Waals surface area contributed by atoms with Gasteiger partial charge in [0.2, 0.25) is 5.89 Å². The van der Waals surface area contributed by atoms with E-state index < -0.39 is 0 Å². The smallest absolute Gasteiger partial charge is 0.231 e. The van der Waals surface area contributed by atoms with Crippen molar-refractivity contribution >= 4 is 27.4 Å². The zero-order valence-corrected chi connectivity index (χ0v) is 15.3. The average Bonchev–Trinajstić information content (AvgIpc) is 3.25. The van der Waals surface area contributed by atoms with E-state index in [1.165, 1.54) is 4.88 Å². The van der Waals surface area contributed by atoms with Gasteiger partial charge in [0, 0.05) is 31.5 Å². The van der Waals surface area contributed by atoms with Crippen molar-refractivity contribution in [3.8, 4) is 0 Å². The van der Waals surface area contributed by atoms with E-state index >= 15 is 0 Å². The van der Waals surface area contributed by atoms with Gasteiger partial charge in [-0.15, -0.1) is 11.3 Å². The maximum Gasteiger partial charge on any atom is 0.231 e. The Balaban J connectivity index is 1.55. The predicted molar refractivity (Wildman–Crippen MR) is 96.2 cm³/mol. The third-order valence-corrected chi connectivity index (χ3v) is 5.47. The van der Waals surface area contributed by atoms with Gasteiger partial charge in [0.25, 0.3) is 0 Å². The van der Waals surface area contributed by atoms with Gasteiger partial charge in [-0.2, -0.15) is 4.98 Å². The maximum atomic E-state index is 5.50. The normalized spacial score (nSPS) is 18.2. The van der Waals surface area contributed by atoms with E-state index in [0.717, 1.165) is 47.9 Å². The van der Waals surface area contributed by atoms with Crippen LogP contribution in [-0.4, -0.2) is 46.9 Å². The molecule has 3 aromatic rings. The van der Waals surface area contributed by atoms with Crippen molar-refractivity contribution in [1.82, 2.24) is 20.1 Å². The molecule has 0 bridgehead atoms. The average molecular weight is 359 g/mol. The van der Waals surface area contributed by atoms with Gasteiger partial charge in [0.15, 0.2) is 5.82 Å². The summed E-state index contributed by atoms with van der Waals surface area (Å²) in [7, 11) is 1.68. The molecule has 1 unspecified atom stereocenters. The highest BCUT2D eigenvalue weighted by atomic mass is 32.1. The van der Waals surface area contributed by atoms with Crippen molar-refractivity contribution in [2.24, 2.45) is 0 Å². The molecule has 0 aromatic carbocycles. The fraction of sp³-hybridized carbons (Fsp3) is 0.529. The van der Waals surface area contributed by atoms with Crippen molar-refractivity contribution < 1.29 is 9.26 Å².